The van der Waals surface area contributed by atoms with E-state index in [0.29, 0.717) is 24.3 Å². The number of nitrogens with zero attached hydrogens (tertiary/aromatic N) is 4. The fourth-order valence-corrected chi connectivity index (χ4v) is 2.26. The molecule has 7 heteroatoms. The van der Waals surface area contributed by atoms with Crippen LogP contribution >= 0.6 is 0 Å². The summed E-state index contributed by atoms with van der Waals surface area (Å²) < 4.78 is 1.37. The number of nitro groups is 1. The zero-order valence-electron chi connectivity index (χ0n) is 12.1. The first-order valence-electron chi connectivity index (χ1n) is 6.86. The summed E-state index contributed by atoms with van der Waals surface area (Å²) in [5.41, 5.74) is 0. The number of amides is 1. The van der Waals surface area contributed by atoms with Gasteiger partial charge in [0.2, 0.25) is 0 Å². The van der Waals surface area contributed by atoms with Crippen LogP contribution in [0.3, 0.4) is 0 Å². The molecule has 0 atom stereocenters. The fourth-order valence-electron chi connectivity index (χ4n) is 2.26. The molecule has 110 valence electrons. The molecule has 1 aromatic rings. The molecule has 1 fully saturated rings. The van der Waals surface area contributed by atoms with Crippen molar-refractivity contribution in [3.8, 4) is 0 Å². The predicted molar refractivity (Wildman–Crippen MR) is 73.2 cm³/mol. The molecule has 0 aromatic carbocycles. The number of aryl methyl sites for hydroxylation is 1. The average molecular weight is 280 g/mol. The molecule has 0 radical (unpaired) electrons. The standard InChI is InChI=1S/C13H20N4O3/c1-9(2)7-16(11-4-5-11)13(18)8-15-10(3)14-6-12(15)17(19)20/h6,9,11H,4-5,7-8H2,1-3H3. The van der Waals surface area contributed by atoms with Crippen LogP contribution < -0.4 is 0 Å². The second-order valence-electron chi connectivity index (χ2n) is 5.68. The number of carbonyl (C=O) groups is 1. The summed E-state index contributed by atoms with van der Waals surface area (Å²) >= 11 is 0. The summed E-state index contributed by atoms with van der Waals surface area (Å²) in [7, 11) is 0. The van der Waals surface area contributed by atoms with Gasteiger partial charge in [-0.2, -0.15) is 0 Å². The molecule has 0 bridgehead atoms. The molecule has 1 amide bonds. The lowest BCUT2D eigenvalue weighted by Crippen LogP contribution is -2.38. The van der Waals surface area contributed by atoms with Gasteiger partial charge >= 0.3 is 5.82 Å². The van der Waals surface area contributed by atoms with E-state index in [0.717, 1.165) is 12.8 Å². The minimum atomic E-state index is -0.503. The van der Waals surface area contributed by atoms with Crippen molar-refractivity contribution in [2.24, 2.45) is 5.92 Å². The highest BCUT2D eigenvalue weighted by Crippen LogP contribution is 2.28. The number of hydrogen-bond donors (Lipinski definition) is 0. The molecule has 0 spiro atoms. The van der Waals surface area contributed by atoms with E-state index in [9.17, 15) is 14.9 Å². The van der Waals surface area contributed by atoms with Crippen LogP contribution in [0.2, 0.25) is 0 Å². The van der Waals surface area contributed by atoms with Gasteiger partial charge in [-0.1, -0.05) is 13.8 Å². The number of aromatic nitrogens is 2. The van der Waals surface area contributed by atoms with Crippen LogP contribution in [0.1, 0.15) is 32.5 Å². The zero-order chi connectivity index (χ0) is 14.9. The van der Waals surface area contributed by atoms with Crippen LogP contribution in [-0.2, 0) is 11.3 Å². The Balaban J connectivity index is 2.13. The summed E-state index contributed by atoms with van der Waals surface area (Å²) in [6.07, 6.45) is 3.26. The Morgan fingerprint density at radius 3 is 2.75 bits per heavy atom. The Morgan fingerprint density at radius 2 is 2.25 bits per heavy atom. The highest BCUT2D eigenvalue weighted by molar-refractivity contribution is 5.77. The van der Waals surface area contributed by atoms with Crippen LogP contribution in [-0.4, -0.2) is 37.9 Å². The molecule has 1 heterocycles. The number of hydrogen-bond acceptors (Lipinski definition) is 4. The van der Waals surface area contributed by atoms with Crippen molar-refractivity contribution in [1.82, 2.24) is 14.5 Å². The molecule has 0 saturated heterocycles. The van der Waals surface area contributed by atoms with Gasteiger partial charge in [-0.15, -0.1) is 0 Å². The van der Waals surface area contributed by atoms with E-state index in [-0.39, 0.29) is 18.3 Å². The first-order chi connectivity index (χ1) is 9.40. The molecular weight excluding hydrogens is 260 g/mol. The Morgan fingerprint density at radius 1 is 1.60 bits per heavy atom. The van der Waals surface area contributed by atoms with Crippen LogP contribution in [0.4, 0.5) is 5.82 Å². The highest BCUT2D eigenvalue weighted by atomic mass is 16.6. The van der Waals surface area contributed by atoms with E-state index < -0.39 is 4.92 Å². The molecule has 2 rings (SSSR count). The van der Waals surface area contributed by atoms with Gasteiger partial charge in [0.15, 0.2) is 12.4 Å². The topological polar surface area (TPSA) is 81.3 Å². The summed E-state index contributed by atoms with van der Waals surface area (Å²) in [4.78, 5) is 28.6. The lowest BCUT2D eigenvalue weighted by Gasteiger charge is -2.23. The molecule has 0 N–H and O–H groups in total. The second kappa shape index (κ2) is 5.60. The molecule has 0 aliphatic heterocycles. The summed E-state index contributed by atoms with van der Waals surface area (Å²) in [6.45, 7) is 6.49. The van der Waals surface area contributed by atoms with E-state index in [4.69, 9.17) is 0 Å². The Hall–Kier alpha value is -1.92. The number of imidazole rings is 1. The van der Waals surface area contributed by atoms with Crippen molar-refractivity contribution < 1.29 is 9.72 Å². The van der Waals surface area contributed by atoms with Crippen LogP contribution in [0.15, 0.2) is 6.20 Å². The van der Waals surface area contributed by atoms with Gasteiger partial charge in [0.25, 0.3) is 5.91 Å². The van der Waals surface area contributed by atoms with Gasteiger partial charge < -0.3 is 15.0 Å². The normalized spacial score (nSPS) is 14.6. The first-order valence-corrected chi connectivity index (χ1v) is 6.86. The minimum absolute atomic E-state index is 0.00856. The highest BCUT2D eigenvalue weighted by Gasteiger charge is 2.34. The van der Waals surface area contributed by atoms with Crippen LogP contribution in [0.5, 0.6) is 0 Å². The third-order valence-corrected chi connectivity index (χ3v) is 3.38. The first kappa shape index (κ1) is 14.5. The van der Waals surface area contributed by atoms with E-state index in [1.807, 2.05) is 4.90 Å². The molecule has 7 nitrogen and oxygen atoms in total. The maximum absolute atomic E-state index is 12.4. The predicted octanol–water partition coefficient (Wildman–Crippen LogP) is 1.75. The molecule has 1 aliphatic rings. The number of rotatable bonds is 6. The maximum atomic E-state index is 12.4. The Labute approximate surface area is 117 Å². The molecule has 1 aliphatic carbocycles. The van der Waals surface area contributed by atoms with Gasteiger partial charge in [-0.3, -0.25) is 4.79 Å². The van der Waals surface area contributed by atoms with Gasteiger partial charge in [-0.05, 0) is 23.7 Å². The lowest BCUT2D eigenvalue weighted by molar-refractivity contribution is -0.392. The fraction of sp³-hybridized carbons (Fsp3) is 0.692. The second-order valence-corrected chi connectivity index (χ2v) is 5.68. The quantitative estimate of drug-likeness (QED) is 0.587. The van der Waals surface area contributed by atoms with E-state index >= 15 is 0 Å². The lowest BCUT2D eigenvalue weighted by atomic mass is 10.2. The third-order valence-electron chi connectivity index (χ3n) is 3.38. The van der Waals surface area contributed by atoms with E-state index in [1.54, 1.807) is 6.92 Å². The van der Waals surface area contributed by atoms with Gasteiger partial charge in [0.1, 0.15) is 6.20 Å². The minimum Gasteiger partial charge on any atom is -0.358 e. The van der Waals surface area contributed by atoms with Crippen molar-refractivity contribution in [1.29, 1.82) is 0 Å². The summed E-state index contributed by atoms with van der Waals surface area (Å²) in [5, 5.41) is 10.9. The van der Waals surface area contributed by atoms with Crippen LogP contribution in [0.25, 0.3) is 0 Å². The van der Waals surface area contributed by atoms with Gasteiger partial charge in [0, 0.05) is 19.5 Å². The molecule has 0 unspecified atom stereocenters. The van der Waals surface area contributed by atoms with Crippen molar-refractivity contribution in [3.05, 3.63) is 22.1 Å². The molecule has 20 heavy (non-hydrogen) atoms. The summed E-state index contributed by atoms with van der Waals surface area (Å²) in [5.74, 6) is 0.685. The smallest absolute Gasteiger partial charge is 0.343 e. The van der Waals surface area contributed by atoms with Gasteiger partial charge in [0.05, 0.1) is 0 Å². The van der Waals surface area contributed by atoms with Crippen LogP contribution in [0, 0.1) is 23.0 Å². The third kappa shape index (κ3) is 3.15. The Kier molecular flexibility index (Phi) is 4.06. The van der Waals surface area contributed by atoms with Crippen molar-refractivity contribution in [3.63, 3.8) is 0 Å². The zero-order valence-corrected chi connectivity index (χ0v) is 12.1. The largest absolute Gasteiger partial charge is 0.358 e. The monoisotopic (exact) mass is 280 g/mol. The average Bonchev–Trinajstić information content (AvgIpc) is 3.12. The molecule has 1 aromatic heterocycles. The van der Waals surface area contributed by atoms with E-state index in [2.05, 4.69) is 18.8 Å². The molecular formula is C13H20N4O3. The van der Waals surface area contributed by atoms with Crippen molar-refractivity contribution >= 4 is 11.7 Å². The van der Waals surface area contributed by atoms with Crippen molar-refractivity contribution in [2.75, 3.05) is 6.54 Å². The van der Waals surface area contributed by atoms with Gasteiger partial charge in [-0.25, -0.2) is 9.55 Å². The molecule has 1 saturated carbocycles. The number of carbonyl (C=O) groups excluding carboxylic acids is 1. The maximum Gasteiger partial charge on any atom is 0.343 e. The van der Waals surface area contributed by atoms with E-state index in [1.165, 1.54) is 10.8 Å². The Bertz CT molecular complexity index is 520. The SMILES string of the molecule is Cc1ncc([N+](=O)[O-])n1CC(=O)N(CC(C)C)C1CC1. The summed E-state index contributed by atoms with van der Waals surface area (Å²) in [6, 6.07) is 0.313. The van der Waals surface area contributed by atoms with Crippen molar-refractivity contribution in [2.45, 2.75) is 46.2 Å².